The van der Waals surface area contributed by atoms with Crippen molar-refractivity contribution in [3.63, 3.8) is 0 Å². The fourth-order valence-corrected chi connectivity index (χ4v) is 3.03. The first-order chi connectivity index (χ1) is 11.8. The van der Waals surface area contributed by atoms with E-state index in [0.29, 0.717) is 30.1 Å². The van der Waals surface area contributed by atoms with Crippen LogP contribution in [0.1, 0.15) is 31.2 Å². The molecule has 124 valence electrons. The van der Waals surface area contributed by atoms with Gasteiger partial charge in [0.05, 0.1) is 12.8 Å². The average Bonchev–Trinajstić information content (AvgIpc) is 3.11. The Morgan fingerprint density at radius 1 is 1.08 bits per heavy atom. The van der Waals surface area contributed by atoms with Gasteiger partial charge in [0.1, 0.15) is 0 Å². The van der Waals surface area contributed by atoms with Gasteiger partial charge >= 0.3 is 0 Å². The van der Waals surface area contributed by atoms with E-state index in [1.807, 2.05) is 18.2 Å². The minimum atomic E-state index is 0.439. The Morgan fingerprint density at radius 3 is 2.62 bits per heavy atom. The summed E-state index contributed by atoms with van der Waals surface area (Å²) in [6.07, 6.45) is 4.23. The molecule has 1 aliphatic carbocycles. The summed E-state index contributed by atoms with van der Waals surface area (Å²) in [5.74, 6) is 2.46. The van der Waals surface area contributed by atoms with Crippen LogP contribution in [0.2, 0.25) is 0 Å². The first kappa shape index (κ1) is 15.1. The highest BCUT2D eigenvalue weighted by molar-refractivity contribution is 5.42. The minimum Gasteiger partial charge on any atom is -0.459 e. The molecule has 2 aromatic heterocycles. The van der Waals surface area contributed by atoms with Gasteiger partial charge in [0.15, 0.2) is 5.76 Å². The maximum Gasteiger partial charge on any atom is 0.283 e. The van der Waals surface area contributed by atoms with Crippen molar-refractivity contribution in [3.8, 4) is 11.7 Å². The molecule has 0 saturated heterocycles. The molecule has 24 heavy (non-hydrogen) atoms. The lowest BCUT2D eigenvalue weighted by molar-refractivity contribution is 0.156. The molecular weight excluding hydrogens is 302 g/mol. The molecule has 1 saturated carbocycles. The van der Waals surface area contributed by atoms with E-state index in [9.17, 15) is 0 Å². The smallest absolute Gasteiger partial charge is 0.283 e. The van der Waals surface area contributed by atoms with Crippen molar-refractivity contribution in [1.29, 1.82) is 0 Å². The second kappa shape index (κ2) is 6.61. The van der Waals surface area contributed by atoms with E-state index in [2.05, 4.69) is 46.3 Å². The van der Waals surface area contributed by atoms with Gasteiger partial charge in [0, 0.05) is 12.6 Å². The molecule has 0 aliphatic heterocycles. The summed E-state index contributed by atoms with van der Waals surface area (Å²) in [7, 11) is 0. The number of hydrogen-bond acceptors (Lipinski definition) is 5. The third-order valence-electron chi connectivity index (χ3n) is 4.65. The van der Waals surface area contributed by atoms with Gasteiger partial charge in [0.25, 0.3) is 5.89 Å². The molecule has 3 aromatic rings. The molecule has 5 heteroatoms. The quantitative estimate of drug-likeness (QED) is 0.654. The number of aromatic nitrogens is 2. The highest BCUT2D eigenvalue weighted by Gasteiger charge is 2.32. The Balaban J connectivity index is 1.51. The summed E-state index contributed by atoms with van der Waals surface area (Å²) in [6.45, 7) is 3.83. The van der Waals surface area contributed by atoms with Crippen LogP contribution < -0.4 is 0 Å². The molecule has 1 aliphatic rings. The maximum absolute atomic E-state index is 5.79. The minimum absolute atomic E-state index is 0.439. The lowest BCUT2D eigenvalue weighted by Crippen LogP contribution is -2.33. The highest BCUT2D eigenvalue weighted by atomic mass is 16.4. The molecular formula is C19H21N3O2. The van der Waals surface area contributed by atoms with Crippen molar-refractivity contribution < 1.29 is 8.83 Å². The van der Waals surface area contributed by atoms with Crippen LogP contribution >= 0.6 is 0 Å². The lowest BCUT2D eigenvalue weighted by atomic mass is 10.1. The average molecular weight is 323 g/mol. The molecule has 0 spiro atoms. The summed E-state index contributed by atoms with van der Waals surface area (Å²) >= 11 is 0. The third-order valence-corrected chi connectivity index (χ3v) is 4.65. The van der Waals surface area contributed by atoms with Gasteiger partial charge in [-0.05, 0) is 43.4 Å². The van der Waals surface area contributed by atoms with Crippen molar-refractivity contribution in [2.75, 3.05) is 0 Å². The second-order valence-corrected chi connectivity index (χ2v) is 6.45. The lowest BCUT2D eigenvalue weighted by Gasteiger charge is -2.28. The Bertz CT molecular complexity index is 763. The van der Waals surface area contributed by atoms with Gasteiger partial charge in [-0.3, -0.25) is 4.90 Å². The number of rotatable bonds is 7. The first-order valence-electron chi connectivity index (χ1n) is 8.44. The van der Waals surface area contributed by atoms with Crippen LogP contribution in [0.15, 0.2) is 57.6 Å². The molecule has 0 radical (unpaired) electrons. The third kappa shape index (κ3) is 3.41. The predicted molar refractivity (Wildman–Crippen MR) is 89.9 cm³/mol. The van der Waals surface area contributed by atoms with E-state index in [1.165, 1.54) is 18.4 Å². The molecule has 1 aromatic carbocycles. The SMILES string of the molecule is C[C@H](C1CC1)N(Cc1ccccc1)Cc1nnc(-c2ccco2)o1. The Kier molecular flexibility index (Phi) is 4.17. The predicted octanol–water partition coefficient (Wildman–Crippen LogP) is 4.13. The molecule has 0 amide bonds. The van der Waals surface area contributed by atoms with Crippen molar-refractivity contribution in [2.24, 2.45) is 5.92 Å². The molecule has 1 atom stereocenters. The fourth-order valence-electron chi connectivity index (χ4n) is 3.03. The van der Waals surface area contributed by atoms with E-state index in [0.717, 1.165) is 12.5 Å². The van der Waals surface area contributed by atoms with Gasteiger partial charge in [-0.1, -0.05) is 30.3 Å². The van der Waals surface area contributed by atoms with Crippen LogP contribution in [0.3, 0.4) is 0 Å². The zero-order valence-corrected chi connectivity index (χ0v) is 13.8. The normalized spacial score (nSPS) is 15.8. The van der Waals surface area contributed by atoms with Gasteiger partial charge in [-0.15, -0.1) is 10.2 Å². The van der Waals surface area contributed by atoms with E-state index >= 15 is 0 Å². The summed E-state index contributed by atoms with van der Waals surface area (Å²) in [4.78, 5) is 2.42. The standard InChI is InChI=1S/C19H21N3O2/c1-14(16-9-10-16)22(12-15-6-3-2-4-7-15)13-18-20-21-19(24-18)17-8-5-11-23-17/h2-8,11,14,16H,9-10,12-13H2,1H3/t14-/m1/s1. The molecule has 2 heterocycles. The molecule has 0 bridgehead atoms. The number of hydrogen-bond donors (Lipinski definition) is 0. The van der Waals surface area contributed by atoms with Crippen molar-refractivity contribution >= 4 is 0 Å². The topological polar surface area (TPSA) is 55.3 Å². The number of furan rings is 1. The number of nitrogens with zero attached hydrogens (tertiary/aromatic N) is 3. The van der Waals surface area contributed by atoms with Crippen molar-refractivity contribution in [1.82, 2.24) is 15.1 Å². The van der Waals surface area contributed by atoms with Crippen LogP contribution in [0.25, 0.3) is 11.7 Å². The second-order valence-electron chi connectivity index (χ2n) is 6.45. The van der Waals surface area contributed by atoms with Crippen molar-refractivity contribution in [3.05, 3.63) is 60.2 Å². The van der Waals surface area contributed by atoms with E-state index < -0.39 is 0 Å². The van der Waals surface area contributed by atoms with Gasteiger partial charge in [0.2, 0.25) is 5.89 Å². The number of benzene rings is 1. The molecule has 4 rings (SSSR count). The molecule has 0 unspecified atom stereocenters. The Morgan fingerprint density at radius 2 is 1.92 bits per heavy atom. The Hall–Kier alpha value is -2.40. The Labute approximate surface area is 141 Å². The van der Waals surface area contributed by atoms with E-state index in [4.69, 9.17) is 8.83 Å². The molecule has 0 N–H and O–H groups in total. The molecule has 1 fully saturated rings. The van der Waals surface area contributed by atoms with Crippen LogP contribution in [-0.2, 0) is 13.1 Å². The summed E-state index contributed by atoms with van der Waals surface area (Å²) in [5, 5.41) is 8.30. The monoisotopic (exact) mass is 323 g/mol. The molecule has 5 nitrogen and oxygen atoms in total. The van der Waals surface area contributed by atoms with Gasteiger partial charge < -0.3 is 8.83 Å². The zero-order valence-electron chi connectivity index (χ0n) is 13.8. The van der Waals surface area contributed by atoms with Gasteiger partial charge in [-0.2, -0.15) is 0 Å². The highest BCUT2D eigenvalue weighted by Crippen LogP contribution is 2.36. The summed E-state index contributed by atoms with van der Waals surface area (Å²) < 4.78 is 11.1. The van der Waals surface area contributed by atoms with Crippen LogP contribution in [0.4, 0.5) is 0 Å². The van der Waals surface area contributed by atoms with E-state index in [-0.39, 0.29) is 0 Å². The zero-order chi connectivity index (χ0) is 16.4. The van der Waals surface area contributed by atoms with Gasteiger partial charge in [-0.25, -0.2) is 0 Å². The maximum atomic E-state index is 5.79. The largest absolute Gasteiger partial charge is 0.459 e. The van der Waals surface area contributed by atoms with Crippen molar-refractivity contribution in [2.45, 2.75) is 38.9 Å². The first-order valence-corrected chi connectivity index (χ1v) is 8.44. The van der Waals surface area contributed by atoms with Crippen LogP contribution in [0, 0.1) is 5.92 Å². The fraction of sp³-hybridized carbons (Fsp3) is 0.368. The summed E-state index contributed by atoms with van der Waals surface area (Å²) in [6, 6.07) is 14.7. The summed E-state index contributed by atoms with van der Waals surface area (Å²) in [5.41, 5.74) is 1.30. The van der Waals surface area contributed by atoms with Crippen LogP contribution in [-0.4, -0.2) is 21.1 Å². The van der Waals surface area contributed by atoms with Crippen LogP contribution in [0.5, 0.6) is 0 Å². The van der Waals surface area contributed by atoms with E-state index in [1.54, 1.807) is 6.26 Å².